The van der Waals surface area contributed by atoms with E-state index >= 15 is 0 Å². The van der Waals surface area contributed by atoms with Crippen LogP contribution < -0.4 is 0 Å². The van der Waals surface area contributed by atoms with Gasteiger partial charge >= 0.3 is 19.8 Å². The summed E-state index contributed by atoms with van der Waals surface area (Å²) in [5.74, 6) is -1.05. The Labute approximate surface area is 259 Å². The number of unbranched alkanes of at least 4 members (excludes halogenated alkanes) is 12. The van der Waals surface area contributed by atoms with Gasteiger partial charge in [-0.25, -0.2) is 4.57 Å². The lowest BCUT2D eigenvalue weighted by molar-refractivity contribution is -0.153. The van der Waals surface area contributed by atoms with Crippen LogP contribution in [0.25, 0.3) is 0 Å². The summed E-state index contributed by atoms with van der Waals surface area (Å²) in [7, 11) is -4.61. The van der Waals surface area contributed by atoms with Crippen LogP contribution in [0.15, 0.2) is 24.3 Å². The normalized spacial score (nSPS) is 14.6. The number of phosphoric acid groups is 1. The predicted molar refractivity (Wildman–Crippen MR) is 168 cm³/mol. The third-order valence-electron chi connectivity index (χ3n) is 6.67. The van der Waals surface area contributed by atoms with Crippen molar-refractivity contribution >= 4 is 19.8 Å². The molecule has 0 aliphatic rings. The number of hydrogen-bond donors (Lipinski definition) is 3. The van der Waals surface area contributed by atoms with Crippen molar-refractivity contribution in [3.05, 3.63) is 24.3 Å². The summed E-state index contributed by atoms with van der Waals surface area (Å²) in [6.45, 7) is 2.01. The minimum atomic E-state index is -4.61. The van der Waals surface area contributed by atoms with Gasteiger partial charge in [0.25, 0.3) is 0 Å². The average molecular weight is 635 g/mol. The van der Waals surface area contributed by atoms with Gasteiger partial charge in [0.05, 0.1) is 26.4 Å². The summed E-state index contributed by atoms with van der Waals surface area (Å²) in [5.41, 5.74) is 0. The predicted octanol–water partition coefficient (Wildman–Crippen LogP) is 7.10. The van der Waals surface area contributed by atoms with E-state index in [9.17, 15) is 29.3 Å². The van der Waals surface area contributed by atoms with E-state index in [1.807, 2.05) is 0 Å². The highest BCUT2D eigenvalue weighted by Gasteiger charge is 2.27. The molecule has 0 aromatic rings. The topological polar surface area (TPSA) is 149 Å². The summed E-state index contributed by atoms with van der Waals surface area (Å²) >= 11 is 0. The number of rotatable bonds is 30. The Kier molecular flexibility index (Phi) is 28.1. The maximum atomic E-state index is 12.2. The van der Waals surface area contributed by atoms with Crippen molar-refractivity contribution in [2.75, 3.05) is 26.4 Å². The summed E-state index contributed by atoms with van der Waals surface area (Å²) in [5, 5.41) is 18.9. The molecule has 0 aromatic heterocycles. The standard InChI is InChI=1S/C32H59O10P/c1-3-5-7-9-10-11-12-13-14-15-16-17-18-20-22-24-32(36)42-30(26-34)28-40-43(37,38)39-27-29(25-33)41-31(35)23-21-19-8-6-4-2/h10-11,13-14,29-30,33-34H,3-9,12,15-28H2,1-2H3,(H,37,38)/b11-10-,14-13-. The molecule has 0 amide bonds. The van der Waals surface area contributed by atoms with E-state index in [0.717, 1.165) is 70.6 Å². The van der Waals surface area contributed by atoms with E-state index in [1.54, 1.807) is 0 Å². The first kappa shape index (κ1) is 41.4. The Morgan fingerprint density at radius 3 is 1.49 bits per heavy atom. The molecule has 3 atom stereocenters. The molecule has 0 saturated heterocycles. The Morgan fingerprint density at radius 1 is 0.628 bits per heavy atom. The molecule has 3 N–H and O–H groups in total. The highest BCUT2D eigenvalue weighted by atomic mass is 31.2. The first-order valence-corrected chi connectivity index (χ1v) is 17.8. The number of carbonyl (C=O) groups excluding carboxylic acids is 2. The van der Waals surface area contributed by atoms with Crippen molar-refractivity contribution in [3.8, 4) is 0 Å². The van der Waals surface area contributed by atoms with Crippen molar-refractivity contribution in [2.24, 2.45) is 0 Å². The van der Waals surface area contributed by atoms with Gasteiger partial charge in [-0.2, -0.15) is 0 Å². The lowest BCUT2D eigenvalue weighted by Gasteiger charge is -2.20. The van der Waals surface area contributed by atoms with Crippen molar-refractivity contribution in [3.63, 3.8) is 0 Å². The van der Waals surface area contributed by atoms with Gasteiger partial charge in [0.2, 0.25) is 0 Å². The van der Waals surface area contributed by atoms with Crippen LogP contribution in [-0.2, 0) is 32.7 Å². The fourth-order valence-corrected chi connectivity index (χ4v) is 4.87. The molecular weight excluding hydrogens is 575 g/mol. The molecule has 0 saturated carbocycles. The third-order valence-corrected chi connectivity index (χ3v) is 7.62. The molecule has 0 aliphatic carbocycles. The number of carbonyl (C=O) groups is 2. The maximum Gasteiger partial charge on any atom is 0.472 e. The monoisotopic (exact) mass is 634 g/mol. The quantitative estimate of drug-likeness (QED) is 0.0323. The van der Waals surface area contributed by atoms with Crippen LogP contribution in [0, 0.1) is 0 Å². The van der Waals surface area contributed by atoms with Gasteiger partial charge in [0.15, 0.2) is 0 Å². The van der Waals surface area contributed by atoms with Crippen LogP contribution >= 0.6 is 7.82 Å². The third kappa shape index (κ3) is 27.7. The second-order valence-corrected chi connectivity index (χ2v) is 12.2. The second kappa shape index (κ2) is 29.2. The largest absolute Gasteiger partial charge is 0.472 e. The number of aliphatic hydroxyl groups excluding tert-OH is 2. The van der Waals surface area contributed by atoms with E-state index < -0.39 is 58.4 Å². The van der Waals surface area contributed by atoms with Crippen LogP contribution in [0.2, 0.25) is 0 Å². The molecular formula is C32H59O10P. The highest BCUT2D eigenvalue weighted by molar-refractivity contribution is 7.47. The van der Waals surface area contributed by atoms with Gasteiger partial charge in [0, 0.05) is 12.8 Å². The second-order valence-electron chi connectivity index (χ2n) is 10.8. The molecule has 252 valence electrons. The van der Waals surface area contributed by atoms with Crippen molar-refractivity contribution in [1.82, 2.24) is 0 Å². The zero-order valence-electron chi connectivity index (χ0n) is 26.7. The van der Waals surface area contributed by atoms with E-state index in [0.29, 0.717) is 12.8 Å². The zero-order chi connectivity index (χ0) is 32.0. The lowest BCUT2D eigenvalue weighted by atomic mass is 10.1. The number of esters is 2. The zero-order valence-corrected chi connectivity index (χ0v) is 27.6. The van der Waals surface area contributed by atoms with Gasteiger partial charge in [0.1, 0.15) is 12.2 Å². The number of ether oxygens (including phenoxy) is 2. The SMILES string of the molecule is CCCCC/C=C\C/C=C\CCCCCCCC(=O)OC(CO)COP(=O)(O)OCC(CO)OC(=O)CCCCCCC. The summed E-state index contributed by atoms with van der Waals surface area (Å²) in [4.78, 5) is 33.9. The number of phosphoric ester groups is 1. The number of hydrogen-bond acceptors (Lipinski definition) is 9. The lowest BCUT2D eigenvalue weighted by Crippen LogP contribution is -2.28. The summed E-state index contributed by atoms with van der Waals surface area (Å²) < 4.78 is 32.1. The maximum absolute atomic E-state index is 12.2. The smallest absolute Gasteiger partial charge is 0.457 e. The van der Waals surface area contributed by atoms with E-state index in [1.165, 1.54) is 19.3 Å². The highest BCUT2D eigenvalue weighted by Crippen LogP contribution is 2.43. The minimum Gasteiger partial charge on any atom is -0.457 e. The van der Waals surface area contributed by atoms with Crippen molar-refractivity contribution in [2.45, 2.75) is 142 Å². The Balaban J connectivity index is 4.03. The van der Waals surface area contributed by atoms with Crippen LogP contribution in [0.1, 0.15) is 129 Å². The summed E-state index contributed by atoms with van der Waals surface area (Å²) in [6.07, 6.45) is 23.5. The van der Waals surface area contributed by atoms with Gasteiger partial charge in [-0.3, -0.25) is 18.6 Å². The molecule has 0 bridgehead atoms. The van der Waals surface area contributed by atoms with Crippen LogP contribution in [0.4, 0.5) is 0 Å². The number of aliphatic hydroxyl groups is 2. The Hall–Kier alpha value is -1.55. The van der Waals surface area contributed by atoms with Crippen LogP contribution in [0.5, 0.6) is 0 Å². The molecule has 0 rings (SSSR count). The fraction of sp³-hybridized carbons (Fsp3) is 0.812. The first-order chi connectivity index (χ1) is 20.8. The molecule has 0 fully saturated rings. The molecule has 0 aliphatic heterocycles. The summed E-state index contributed by atoms with van der Waals surface area (Å²) in [6, 6.07) is 0. The van der Waals surface area contributed by atoms with E-state index in [2.05, 4.69) is 38.2 Å². The van der Waals surface area contributed by atoms with E-state index in [4.69, 9.17) is 18.5 Å². The van der Waals surface area contributed by atoms with Crippen molar-refractivity contribution in [1.29, 1.82) is 0 Å². The van der Waals surface area contributed by atoms with Crippen molar-refractivity contribution < 1.29 is 47.8 Å². The minimum absolute atomic E-state index is 0.177. The van der Waals surface area contributed by atoms with Gasteiger partial charge in [-0.15, -0.1) is 0 Å². The first-order valence-electron chi connectivity index (χ1n) is 16.3. The number of allylic oxidation sites excluding steroid dienone is 4. The Morgan fingerprint density at radius 2 is 1.02 bits per heavy atom. The molecule has 0 aromatic carbocycles. The molecule has 43 heavy (non-hydrogen) atoms. The van der Waals surface area contributed by atoms with Gasteiger partial charge < -0.3 is 24.6 Å². The molecule has 0 spiro atoms. The molecule has 0 heterocycles. The van der Waals surface area contributed by atoms with Gasteiger partial charge in [-0.1, -0.05) is 95.9 Å². The molecule has 0 radical (unpaired) electrons. The van der Waals surface area contributed by atoms with Crippen LogP contribution in [-0.4, -0.2) is 65.7 Å². The molecule has 3 unspecified atom stereocenters. The average Bonchev–Trinajstić information content (AvgIpc) is 2.99. The molecule has 11 heteroatoms. The van der Waals surface area contributed by atoms with Gasteiger partial charge in [-0.05, 0) is 44.9 Å². The van der Waals surface area contributed by atoms with E-state index in [-0.39, 0.29) is 12.8 Å². The fourth-order valence-electron chi connectivity index (χ4n) is 4.08. The Bertz CT molecular complexity index is 786. The van der Waals surface area contributed by atoms with Crippen LogP contribution in [0.3, 0.4) is 0 Å². The molecule has 10 nitrogen and oxygen atoms in total.